The van der Waals surface area contributed by atoms with Gasteiger partial charge in [0, 0.05) is 36.9 Å². The van der Waals surface area contributed by atoms with Crippen molar-refractivity contribution in [3.8, 4) is 5.75 Å². The molecule has 1 N–H and O–H groups in total. The van der Waals surface area contributed by atoms with Gasteiger partial charge in [-0.1, -0.05) is 18.2 Å². The minimum atomic E-state index is -0.899. The van der Waals surface area contributed by atoms with Crippen molar-refractivity contribution in [2.24, 2.45) is 0 Å². The highest BCUT2D eigenvalue weighted by Crippen LogP contribution is 2.39. The van der Waals surface area contributed by atoms with Gasteiger partial charge in [0.15, 0.2) is 0 Å². The summed E-state index contributed by atoms with van der Waals surface area (Å²) in [5.74, 6) is 0.366. The second-order valence-electron chi connectivity index (χ2n) is 7.83. The number of rotatable bonds is 6. The highest BCUT2D eigenvalue weighted by atomic mass is 16.5. The molecule has 2 aromatic carbocycles. The van der Waals surface area contributed by atoms with Crippen molar-refractivity contribution >= 4 is 17.3 Å². The van der Waals surface area contributed by atoms with Crippen molar-refractivity contribution in [2.45, 2.75) is 32.1 Å². The molecule has 5 heteroatoms. The van der Waals surface area contributed by atoms with E-state index in [1.807, 2.05) is 0 Å². The fourth-order valence-electron chi connectivity index (χ4n) is 4.11. The predicted molar refractivity (Wildman–Crippen MR) is 118 cm³/mol. The van der Waals surface area contributed by atoms with Gasteiger partial charge < -0.3 is 14.7 Å². The molecule has 1 atom stereocenters. The zero-order valence-corrected chi connectivity index (χ0v) is 17.3. The van der Waals surface area contributed by atoms with Crippen molar-refractivity contribution < 1.29 is 14.6 Å². The molecule has 2 heterocycles. The number of aryl methyl sites for hydroxylation is 2. The van der Waals surface area contributed by atoms with Gasteiger partial charge in [0.25, 0.3) is 0 Å². The maximum atomic E-state index is 11.5. The Hall–Kier alpha value is -3.34. The predicted octanol–water partition coefficient (Wildman–Crippen LogP) is 5.36. The van der Waals surface area contributed by atoms with E-state index in [1.165, 1.54) is 17.3 Å². The third-order valence-corrected chi connectivity index (χ3v) is 5.83. The van der Waals surface area contributed by atoms with Gasteiger partial charge >= 0.3 is 5.97 Å². The molecule has 30 heavy (non-hydrogen) atoms. The topological polar surface area (TPSA) is 62.7 Å². The Morgan fingerprint density at radius 1 is 1.20 bits per heavy atom. The van der Waals surface area contributed by atoms with E-state index in [0.29, 0.717) is 24.5 Å². The molecule has 0 radical (unpaired) electrons. The Morgan fingerprint density at radius 3 is 2.83 bits per heavy atom. The largest absolute Gasteiger partial charge is 0.493 e. The summed E-state index contributed by atoms with van der Waals surface area (Å²) in [6.45, 7) is 2.77. The number of ether oxygens (including phenoxy) is 1. The average molecular weight is 402 g/mol. The van der Waals surface area contributed by atoms with E-state index >= 15 is 0 Å². The summed E-state index contributed by atoms with van der Waals surface area (Å²) in [5, 5.41) is 9.40. The molecule has 3 aromatic rings. The lowest BCUT2D eigenvalue weighted by molar-refractivity contribution is 0.0695. The standard InChI is InChI=1S/C25H26N2O3/c1-17-4-3-5-20(14-17)27(2)21-8-9-22-18(11-13-30-24(22)15-21)6-7-19-16-26-12-10-23(19)25(28)29/h3-5,8-10,12,14-16,18H,6-7,11,13H2,1-2H3,(H,28,29)/t18-/m1/s1. The number of hydrogen-bond acceptors (Lipinski definition) is 4. The Bertz CT molecular complexity index is 1060. The van der Waals surface area contributed by atoms with Crippen LogP contribution < -0.4 is 9.64 Å². The number of fused-ring (bicyclic) bond motifs is 1. The molecule has 4 rings (SSSR count). The number of benzene rings is 2. The summed E-state index contributed by atoms with van der Waals surface area (Å²) in [6.07, 6.45) is 5.69. The summed E-state index contributed by atoms with van der Waals surface area (Å²) in [7, 11) is 2.06. The lowest BCUT2D eigenvalue weighted by atomic mass is 9.87. The molecule has 0 unspecified atom stereocenters. The summed E-state index contributed by atoms with van der Waals surface area (Å²) >= 11 is 0. The highest BCUT2D eigenvalue weighted by Gasteiger charge is 2.23. The van der Waals surface area contributed by atoms with E-state index in [9.17, 15) is 9.90 Å². The molecule has 0 spiro atoms. The van der Waals surface area contributed by atoms with E-state index in [2.05, 4.69) is 66.3 Å². The van der Waals surface area contributed by atoms with Gasteiger partial charge in [0.2, 0.25) is 0 Å². The van der Waals surface area contributed by atoms with Crippen LogP contribution in [0.5, 0.6) is 5.75 Å². The van der Waals surface area contributed by atoms with Gasteiger partial charge in [-0.2, -0.15) is 0 Å². The van der Waals surface area contributed by atoms with Crippen molar-refractivity contribution in [1.82, 2.24) is 4.98 Å². The van der Waals surface area contributed by atoms with Crippen LogP contribution in [0, 0.1) is 6.92 Å². The van der Waals surface area contributed by atoms with E-state index in [-0.39, 0.29) is 0 Å². The summed E-state index contributed by atoms with van der Waals surface area (Å²) in [5.41, 5.74) is 5.77. The molecule has 0 amide bonds. The number of hydrogen-bond donors (Lipinski definition) is 1. The number of aromatic nitrogens is 1. The van der Waals surface area contributed by atoms with Crippen molar-refractivity contribution in [3.63, 3.8) is 0 Å². The maximum absolute atomic E-state index is 11.5. The highest BCUT2D eigenvalue weighted by molar-refractivity contribution is 5.89. The Labute approximate surface area is 177 Å². The number of pyridine rings is 1. The first-order valence-electron chi connectivity index (χ1n) is 10.3. The van der Waals surface area contributed by atoms with E-state index in [1.54, 1.807) is 12.3 Å². The molecule has 0 saturated heterocycles. The molecular weight excluding hydrogens is 376 g/mol. The molecule has 0 bridgehead atoms. The molecular formula is C25H26N2O3. The van der Waals surface area contributed by atoms with Gasteiger partial charge in [-0.05, 0) is 73.1 Å². The van der Waals surface area contributed by atoms with Crippen molar-refractivity contribution in [1.29, 1.82) is 0 Å². The summed E-state index contributed by atoms with van der Waals surface area (Å²) in [6, 6.07) is 16.4. The van der Waals surface area contributed by atoms with Gasteiger partial charge in [-0.3, -0.25) is 4.98 Å². The Balaban J connectivity index is 1.53. The van der Waals surface area contributed by atoms with E-state index in [0.717, 1.165) is 35.5 Å². The van der Waals surface area contributed by atoms with E-state index < -0.39 is 5.97 Å². The normalized spacial score (nSPS) is 15.2. The molecule has 0 saturated carbocycles. The first-order chi connectivity index (χ1) is 14.5. The number of carboxylic acid groups (broad SMARTS) is 1. The molecule has 154 valence electrons. The smallest absolute Gasteiger partial charge is 0.336 e. The van der Waals surface area contributed by atoms with Crippen LogP contribution in [0.3, 0.4) is 0 Å². The first-order valence-corrected chi connectivity index (χ1v) is 10.3. The molecule has 0 fully saturated rings. The fraction of sp³-hybridized carbons (Fsp3) is 0.280. The molecule has 0 aliphatic carbocycles. The van der Waals surface area contributed by atoms with Crippen LogP contribution in [0.1, 0.15) is 45.8 Å². The number of carbonyl (C=O) groups is 1. The van der Waals surface area contributed by atoms with Crippen LogP contribution in [0.2, 0.25) is 0 Å². The van der Waals surface area contributed by atoms with Crippen LogP contribution in [-0.4, -0.2) is 29.7 Å². The third kappa shape index (κ3) is 4.15. The Morgan fingerprint density at radius 2 is 2.03 bits per heavy atom. The van der Waals surface area contributed by atoms with Gasteiger partial charge in [-0.15, -0.1) is 0 Å². The van der Waals surface area contributed by atoms with Crippen LogP contribution in [0.15, 0.2) is 60.9 Å². The fourth-order valence-corrected chi connectivity index (χ4v) is 4.11. The lowest BCUT2D eigenvalue weighted by Gasteiger charge is -2.28. The average Bonchev–Trinajstić information content (AvgIpc) is 2.76. The third-order valence-electron chi connectivity index (χ3n) is 5.83. The SMILES string of the molecule is Cc1cccc(N(C)c2ccc3c(c2)OCC[C@H]3CCc2cnccc2C(=O)O)c1. The maximum Gasteiger partial charge on any atom is 0.336 e. The van der Waals surface area contributed by atoms with Gasteiger partial charge in [0.05, 0.1) is 12.2 Å². The number of anilines is 2. The lowest BCUT2D eigenvalue weighted by Crippen LogP contribution is -2.17. The molecule has 1 aliphatic heterocycles. The van der Waals surface area contributed by atoms with Crippen molar-refractivity contribution in [2.75, 3.05) is 18.6 Å². The first kappa shape index (κ1) is 20.0. The Kier molecular flexibility index (Phi) is 5.70. The number of aromatic carboxylic acids is 1. The zero-order chi connectivity index (χ0) is 21.1. The number of nitrogens with zero attached hydrogens (tertiary/aromatic N) is 2. The van der Waals surface area contributed by atoms with Gasteiger partial charge in [-0.25, -0.2) is 4.79 Å². The minimum Gasteiger partial charge on any atom is -0.493 e. The molecule has 1 aromatic heterocycles. The van der Waals surface area contributed by atoms with Gasteiger partial charge in [0.1, 0.15) is 5.75 Å². The number of carboxylic acids is 1. The summed E-state index contributed by atoms with van der Waals surface area (Å²) < 4.78 is 5.98. The summed E-state index contributed by atoms with van der Waals surface area (Å²) in [4.78, 5) is 17.7. The second kappa shape index (κ2) is 8.57. The van der Waals surface area contributed by atoms with Crippen LogP contribution in [0.25, 0.3) is 0 Å². The zero-order valence-electron chi connectivity index (χ0n) is 17.3. The minimum absolute atomic E-state index is 0.340. The van der Waals surface area contributed by atoms with Crippen LogP contribution in [-0.2, 0) is 6.42 Å². The van der Waals surface area contributed by atoms with Crippen LogP contribution >= 0.6 is 0 Å². The van der Waals surface area contributed by atoms with E-state index in [4.69, 9.17) is 4.74 Å². The molecule has 1 aliphatic rings. The quantitative estimate of drug-likeness (QED) is 0.602. The van der Waals surface area contributed by atoms with Crippen LogP contribution in [0.4, 0.5) is 11.4 Å². The molecule has 5 nitrogen and oxygen atoms in total. The monoisotopic (exact) mass is 402 g/mol. The van der Waals surface area contributed by atoms with Crippen molar-refractivity contribution in [3.05, 3.63) is 83.2 Å². The second-order valence-corrected chi connectivity index (χ2v) is 7.83.